The van der Waals surface area contributed by atoms with Gasteiger partial charge in [-0.25, -0.2) is 4.98 Å². The van der Waals surface area contributed by atoms with Crippen LogP contribution in [0.25, 0.3) is 0 Å². The summed E-state index contributed by atoms with van der Waals surface area (Å²) >= 11 is 3.08. The fourth-order valence-electron chi connectivity index (χ4n) is 0.661. The highest BCUT2D eigenvalue weighted by Gasteiger charge is 2.07. The third-order valence-corrected chi connectivity index (χ3v) is 1.54. The van der Waals surface area contributed by atoms with Crippen LogP contribution in [0.1, 0.15) is 16.2 Å². The minimum atomic E-state index is -0.559. The molecule has 0 fully saturated rings. The average Bonchev–Trinajstić information content (AvgIpc) is 1.94. The minimum absolute atomic E-state index is 0.208. The van der Waals surface area contributed by atoms with Crippen LogP contribution in [0.15, 0.2) is 10.8 Å². The van der Waals surface area contributed by atoms with Gasteiger partial charge in [-0.1, -0.05) is 0 Å². The summed E-state index contributed by atoms with van der Waals surface area (Å²) < 4.78 is 0.511. The Hall–Kier alpha value is -0.970. The first-order chi connectivity index (χ1) is 5.11. The molecule has 1 aromatic rings. The Morgan fingerprint density at radius 3 is 2.82 bits per heavy atom. The third-order valence-electron chi connectivity index (χ3n) is 1.16. The van der Waals surface area contributed by atoms with Crippen molar-refractivity contribution in [3.8, 4) is 0 Å². The van der Waals surface area contributed by atoms with E-state index in [1.807, 2.05) is 0 Å². The van der Waals surface area contributed by atoms with E-state index in [0.717, 1.165) is 0 Å². The number of nitrogens with two attached hydrogens (primary N) is 1. The maximum atomic E-state index is 10.7. The number of aryl methyl sites for hydroxylation is 1. The molecule has 0 aliphatic rings. The maximum Gasteiger partial charge on any atom is 0.269 e. The smallest absolute Gasteiger partial charge is 0.269 e. The first-order valence-electron chi connectivity index (χ1n) is 2.90. The molecule has 0 saturated carbocycles. The molecule has 1 rings (SSSR count). The SMILES string of the molecule is Cc1ncc(Br)nc1C(N)=O. The normalized spacial score (nSPS) is 9.64. The molecule has 0 radical (unpaired) electrons. The van der Waals surface area contributed by atoms with Crippen LogP contribution >= 0.6 is 15.9 Å². The summed E-state index contributed by atoms with van der Waals surface area (Å²) in [6.45, 7) is 1.68. The minimum Gasteiger partial charge on any atom is -0.364 e. The van der Waals surface area contributed by atoms with Gasteiger partial charge >= 0.3 is 0 Å². The Labute approximate surface area is 72.0 Å². The molecular weight excluding hydrogens is 210 g/mol. The molecule has 58 valence electrons. The fraction of sp³-hybridized carbons (Fsp3) is 0.167. The van der Waals surface area contributed by atoms with Gasteiger partial charge in [0.05, 0.1) is 11.9 Å². The lowest BCUT2D eigenvalue weighted by Crippen LogP contribution is -2.15. The highest BCUT2D eigenvalue weighted by Crippen LogP contribution is 2.06. The molecule has 11 heavy (non-hydrogen) atoms. The largest absolute Gasteiger partial charge is 0.364 e. The van der Waals surface area contributed by atoms with Gasteiger partial charge in [0.1, 0.15) is 10.3 Å². The summed E-state index contributed by atoms with van der Waals surface area (Å²) in [6.07, 6.45) is 1.52. The number of amides is 1. The van der Waals surface area contributed by atoms with Gasteiger partial charge < -0.3 is 5.73 Å². The summed E-state index contributed by atoms with van der Waals surface area (Å²) in [5.74, 6) is -0.559. The maximum absolute atomic E-state index is 10.7. The number of halogens is 1. The van der Waals surface area contributed by atoms with Crippen LogP contribution in [0, 0.1) is 6.92 Å². The van der Waals surface area contributed by atoms with E-state index in [9.17, 15) is 4.79 Å². The van der Waals surface area contributed by atoms with E-state index >= 15 is 0 Å². The molecule has 0 aliphatic carbocycles. The second-order valence-corrected chi connectivity index (χ2v) is 2.80. The number of carbonyl (C=O) groups excluding carboxylic acids is 1. The quantitative estimate of drug-likeness (QED) is 0.748. The Bertz CT molecular complexity index is 300. The molecule has 1 amide bonds. The lowest BCUT2D eigenvalue weighted by molar-refractivity contribution is 0.0994. The van der Waals surface area contributed by atoms with E-state index < -0.39 is 5.91 Å². The van der Waals surface area contributed by atoms with Gasteiger partial charge in [-0.05, 0) is 22.9 Å². The standard InChI is InChI=1S/C6H6BrN3O/c1-3-5(6(8)11)10-4(7)2-9-3/h2H,1H3,(H2,8,11). The van der Waals surface area contributed by atoms with Crippen LogP contribution in [-0.2, 0) is 0 Å². The van der Waals surface area contributed by atoms with E-state index in [2.05, 4.69) is 25.9 Å². The summed E-state index contributed by atoms with van der Waals surface area (Å²) in [7, 11) is 0. The van der Waals surface area contributed by atoms with Crippen LogP contribution in [0.5, 0.6) is 0 Å². The van der Waals surface area contributed by atoms with E-state index in [-0.39, 0.29) is 5.69 Å². The van der Waals surface area contributed by atoms with Crippen molar-refractivity contribution in [1.29, 1.82) is 0 Å². The molecule has 0 spiro atoms. The average molecular weight is 216 g/mol. The molecule has 0 saturated heterocycles. The van der Waals surface area contributed by atoms with E-state index in [1.54, 1.807) is 6.92 Å². The Balaban J connectivity index is 3.23. The molecule has 0 bridgehead atoms. The number of primary amides is 1. The zero-order valence-electron chi connectivity index (χ0n) is 5.84. The zero-order valence-corrected chi connectivity index (χ0v) is 7.42. The van der Waals surface area contributed by atoms with Crippen molar-refractivity contribution in [2.24, 2.45) is 5.73 Å². The number of hydrogen-bond donors (Lipinski definition) is 1. The molecule has 1 aromatic heterocycles. The van der Waals surface area contributed by atoms with E-state index in [1.165, 1.54) is 6.20 Å². The van der Waals surface area contributed by atoms with Crippen LogP contribution in [0.4, 0.5) is 0 Å². The molecule has 4 nitrogen and oxygen atoms in total. The molecule has 0 aromatic carbocycles. The predicted molar refractivity (Wildman–Crippen MR) is 43.0 cm³/mol. The summed E-state index contributed by atoms with van der Waals surface area (Å²) in [5, 5.41) is 0. The number of hydrogen-bond acceptors (Lipinski definition) is 3. The highest BCUT2D eigenvalue weighted by molar-refractivity contribution is 9.10. The lowest BCUT2D eigenvalue weighted by Gasteiger charge is -1.98. The van der Waals surface area contributed by atoms with Crippen molar-refractivity contribution in [2.75, 3.05) is 0 Å². The monoisotopic (exact) mass is 215 g/mol. The first kappa shape index (κ1) is 8.13. The van der Waals surface area contributed by atoms with Gasteiger partial charge in [-0.2, -0.15) is 0 Å². The number of carbonyl (C=O) groups is 1. The van der Waals surface area contributed by atoms with Gasteiger partial charge in [0.15, 0.2) is 0 Å². The molecule has 0 unspecified atom stereocenters. The van der Waals surface area contributed by atoms with Crippen molar-refractivity contribution < 1.29 is 4.79 Å². The van der Waals surface area contributed by atoms with Crippen LogP contribution in [0.3, 0.4) is 0 Å². The lowest BCUT2D eigenvalue weighted by atomic mass is 10.3. The van der Waals surface area contributed by atoms with Gasteiger partial charge in [0.2, 0.25) is 0 Å². The second-order valence-electron chi connectivity index (χ2n) is 1.99. The van der Waals surface area contributed by atoms with Crippen LogP contribution < -0.4 is 5.73 Å². The summed E-state index contributed by atoms with van der Waals surface area (Å²) in [6, 6.07) is 0. The fourth-order valence-corrected chi connectivity index (χ4v) is 0.941. The number of aromatic nitrogens is 2. The van der Waals surface area contributed by atoms with E-state index in [4.69, 9.17) is 5.73 Å². The molecule has 2 N–H and O–H groups in total. The van der Waals surface area contributed by atoms with Crippen LogP contribution in [-0.4, -0.2) is 15.9 Å². The van der Waals surface area contributed by atoms with E-state index in [0.29, 0.717) is 10.3 Å². The third kappa shape index (κ3) is 1.74. The summed E-state index contributed by atoms with van der Waals surface area (Å²) in [5.41, 5.74) is 5.77. The molecular formula is C6H6BrN3O. The van der Waals surface area contributed by atoms with Crippen molar-refractivity contribution in [3.63, 3.8) is 0 Å². The molecule has 5 heteroatoms. The predicted octanol–water partition coefficient (Wildman–Crippen LogP) is 0.646. The molecule has 1 heterocycles. The van der Waals surface area contributed by atoms with Crippen molar-refractivity contribution >= 4 is 21.8 Å². The van der Waals surface area contributed by atoms with Gasteiger partial charge in [0, 0.05) is 0 Å². The Kier molecular flexibility index (Phi) is 2.19. The van der Waals surface area contributed by atoms with Gasteiger partial charge in [0.25, 0.3) is 5.91 Å². The first-order valence-corrected chi connectivity index (χ1v) is 3.69. The topological polar surface area (TPSA) is 68.9 Å². The van der Waals surface area contributed by atoms with Gasteiger partial charge in [-0.3, -0.25) is 9.78 Å². The van der Waals surface area contributed by atoms with Gasteiger partial charge in [-0.15, -0.1) is 0 Å². The number of rotatable bonds is 1. The van der Waals surface area contributed by atoms with Crippen molar-refractivity contribution in [2.45, 2.75) is 6.92 Å². The van der Waals surface area contributed by atoms with Crippen molar-refractivity contribution in [1.82, 2.24) is 9.97 Å². The second kappa shape index (κ2) is 2.96. The highest BCUT2D eigenvalue weighted by atomic mass is 79.9. The number of nitrogens with zero attached hydrogens (tertiary/aromatic N) is 2. The Morgan fingerprint density at radius 1 is 1.73 bits per heavy atom. The molecule has 0 atom stereocenters. The van der Waals surface area contributed by atoms with Crippen LogP contribution in [0.2, 0.25) is 0 Å². The summed E-state index contributed by atoms with van der Waals surface area (Å²) in [4.78, 5) is 18.4. The zero-order chi connectivity index (χ0) is 8.43. The Morgan fingerprint density at radius 2 is 2.36 bits per heavy atom. The molecule has 0 aliphatic heterocycles. The van der Waals surface area contributed by atoms with Crippen molar-refractivity contribution in [3.05, 3.63) is 22.2 Å².